The fourth-order valence-corrected chi connectivity index (χ4v) is 0.756. The molecule has 13 heavy (non-hydrogen) atoms. The van der Waals surface area contributed by atoms with Crippen LogP contribution in [0.5, 0.6) is 0 Å². The molecule has 0 aliphatic rings. The van der Waals surface area contributed by atoms with E-state index in [-0.39, 0.29) is 7.43 Å². The number of aromatic nitrogens is 1. The first-order chi connectivity index (χ1) is 5.93. The number of hydrogen-bond donors (Lipinski definition) is 1. The van der Waals surface area contributed by atoms with Crippen LogP contribution in [-0.2, 0) is 6.54 Å². The van der Waals surface area contributed by atoms with Crippen molar-refractivity contribution in [1.82, 2.24) is 10.3 Å². The molecule has 0 amide bonds. The van der Waals surface area contributed by atoms with Crippen LogP contribution < -0.4 is 5.32 Å². The van der Waals surface area contributed by atoms with Crippen LogP contribution in [0, 0.1) is 0 Å². The maximum Gasteiger partial charge on any atom is 0.0541 e. The van der Waals surface area contributed by atoms with E-state index in [1.165, 1.54) is 0 Å². The lowest BCUT2D eigenvalue weighted by molar-refractivity contribution is 0.711. The van der Waals surface area contributed by atoms with Crippen LogP contribution in [0.15, 0.2) is 24.4 Å². The molecule has 0 bridgehead atoms. The molecule has 0 atom stereocenters. The van der Waals surface area contributed by atoms with Gasteiger partial charge in [-0.15, -0.1) is 0 Å². The first kappa shape index (κ1) is 14.6. The standard InChI is InChI=1S/C8H12N2.C2H6.CH4/c1-2-9-7-8-5-3-4-6-10-8;1-2;/h3-6,9H,2,7H2,1H3;1-2H3;1H4. The maximum absolute atomic E-state index is 4.15. The molecule has 0 saturated heterocycles. The largest absolute Gasteiger partial charge is 0.311 e. The highest BCUT2D eigenvalue weighted by molar-refractivity contribution is 5.02. The second-order valence-corrected chi connectivity index (χ2v) is 2.10. The summed E-state index contributed by atoms with van der Waals surface area (Å²) in [5.74, 6) is 0. The molecule has 1 N–H and O–H groups in total. The van der Waals surface area contributed by atoms with E-state index in [1.54, 1.807) is 0 Å². The number of rotatable bonds is 3. The predicted molar refractivity (Wildman–Crippen MR) is 59.7 cm³/mol. The first-order valence-corrected chi connectivity index (χ1v) is 4.54. The molecule has 0 radical (unpaired) electrons. The summed E-state index contributed by atoms with van der Waals surface area (Å²) in [6, 6.07) is 5.94. The van der Waals surface area contributed by atoms with Crippen LogP contribution in [0.2, 0.25) is 0 Å². The van der Waals surface area contributed by atoms with E-state index in [0.717, 1.165) is 18.8 Å². The van der Waals surface area contributed by atoms with Gasteiger partial charge in [0.1, 0.15) is 0 Å². The Morgan fingerprint density at radius 3 is 2.46 bits per heavy atom. The number of pyridine rings is 1. The quantitative estimate of drug-likeness (QED) is 0.777. The van der Waals surface area contributed by atoms with Gasteiger partial charge >= 0.3 is 0 Å². The molecule has 1 aromatic rings. The van der Waals surface area contributed by atoms with Gasteiger partial charge in [0.2, 0.25) is 0 Å². The summed E-state index contributed by atoms with van der Waals surface area (Å²) in [5.41, 5.74) is 1.10. The van der Waals surface area contributed by atoms with Crippen LogP contribution in [0.1, 0.15) is 33.9 Å². The lowest BCUT2D eigenvalue weighted by atomic mass is 10.3. The van der Waals surface area contributed by atoms with Gasteiger partial charge in [-0.2, -0.15) is 0 Å². The fourth-order valence-electron chi connectivity index (χ4n) is 0.756. The summed E-state index contributed by atoms with van der Waals surface area (Å²) in [6.07, 6.45) is 1.81. The third-order valence-corrected chi connectivity index (χ3v) is 1.28. The van der Waals surface area contributed by atoms with Crippen molar-refractivity contribution in [1.29, 1.82) is 0 Å². The Morgan fingerprint density at radius 1 is 1.31 bits per heavy atom. The van der Waals surface area contributed by atoms with Gasteiger partial charge in [0.15, 0.2) is 0 Å². The molecule has 0 spiro atoms. The average Bonchev–Trinajstić information content (AvgIpc) is 2.19. The lowest BCUT2D eigenvalue weighted by Crippen LogP contribution is -2.12. The van der Waals surface area contributed by atoms with E-state index in [1.807, 2.05) is 38.2 Å². The second-order valence-electron chi connectivity index (χ2n) is 2.10. The van der Waals surface area contributed by atoms with Gasteiger partial charge in [0.25, 0.3) is 0 Å². The summed E-state index contributed by atoms with van der Waals surface area (Å²) in [7, 11) is 0. The Labute approximate surface area is 82.4 Å². The Bertz CT molecular complexity index is 173. The Hall–Kier alpha value is -0.890. The minimum atomic E-state index is 0. The Kier molecular flexibility index (Phi) is 12.5. The highest BCUT2D eigenvalue weighted by Gasteiger charge is 1.87. The highest BCUT2D eigenvalue weighted by Crippen LogP contribution is 1.90. The molecule has 2 nitrogen and oxygen atoms in total. The Morgan fingerprint density at radius 2 is 2.00 bits per heavy atom. The van der Waals surface area contributed by atoms with Crippen molar-refractivity contribution in [3.8, 4) is 0 Å². The molecule has 0 unspecified atom stereocenters. The van der Waals surface area contributed by atoms with Gasteiger partial charge in [-0.25, -0.2) is 0 Å². The first-order valence-electron chi connectivity index (χ1n) is 4.54. The lowest BCUT2D eigenvalue weighted by Gasteiger charge is -1.98. The van der Waals surface area contributed by atoms with Gasteiger partial charge < -0.3 is 5.32 Å². The monoisotopic (exact) mass is 182 g/mol. The van der Waals surface area contributed by atoms with Crippen LogP contribution in [0.4, 0.5) is 0 Å². The zero-order valence-corrected chi connectivity index (χ0v) is 8.17. The van der Waals surface area contributed by atoms with Crippen LogP contribution in [0.3, 0.4) is 0 Å². The van der Waals surface area contributed by atoms with E-state index in [9.17, 15) is 0 Å². The zero-order chi connectivity index (χ0) is 9.23. The third kappa shape index (κ3) is 7.47. The molecule has 0 aromatic carbocycles. The predicted octanol–water partition coefficient (Wildman–Crippen LogP) is 2.85. The summed E-state index contributed by atoms with van der Waals surface area (Å²) in [4.78, 5) is 4.15. The number of hydrogen-bond acceptors (Lipinski definition) is 2. The maximum atomic E-state index is 4.15. The number of nitrogens with one attached hydrogen (secondary N) is 1. The van der Waals surface area contributed by atoms with E-state index in [4.69, 9.17) is 0 Å². The van der Waals surface area contributed by atoms with Crippen molar-refractivity contribution < 1.29 is 0 Å². The number of nitrogens with zero attached hydrogens (tertiary/aromatic N) is 1. The van der Waals surface area contributed by atoms with E-state index >= 15 is 0 Å². The molecule has 2 heteroatoms. The molecule has 1 aromatic heterocycles. The summed E-state index contributed by atoms with van der Waals surface area (Å²) in [5, 5.41) is 3.20. The van der Waals surface area contributed by atoms with Gasteiger partial charge in [0, 0.05) is 12.7 Å². The van der Waals surface area contributed by atoms with Crippen LogP contribution >= 0.6 is 0 Å². The van der Waals surface area contributed by atoms with Crippen molar-refractivity contribution in [2.45, 2.75) is 34.7 Å². The van der Waals surface area contributed by atoms with Crippen LogP contribution in [0.25, 0.3) is 0 Å². The van der Waals surface area contributed by atoms with E-state index in [2.05, 4.69) is 17.2 Å². The van der Waals surface area contributed by atoms with E-state index < -0.39 is 0 Å². The molecule has 0 fully saturated rings. The van der Waals surface area contributed by atoms with Crippen molar-refractivity contribution in [3.05, 3.63) is 30.1 Å². The SMILES string of the molecule is C.CC.CCNCc1ccccn1. The van der Waals surface area contributed by atoms with Crippen molar-refractivity contribution in [2.75, 3.05) is 6.54 Å². The molecular weight excluding hydrogens is 160 g/mol. The summed E-state index contributed by atoms with van der Waals surface area (Å²) in [6.45, 7) is 7.96. The van der Waals surface area contributed by atoms with Crippen molar-refractivity contribution in [2.24, 2.45) is 0 Å². The molecule has 0 aliphatic carbocycles. The summed E-state index contributed by atoms with van der Waals surface area (Å²) < 4.78 is 0. The molecule has 0 saturated carbocycles. The second kappa shape index (κ2) is 11.1. The molecule has 1 rings (SSSR count). The molecule has 76 valence electrons. The average molecular weight is 182 g/mol. The molecule has 0 aliphatic heterocycles. The minimum absolute atomic E-state index is 0. The zero-order valence-electron chi connectivity index (χ0n) is 8.17. The van der Waals surface area contributed by atoms with E-state index in [0.29, 0.717) is 0 Å². The normalized spacial score (nSPS) is 7.92. The summed E-state index contributed by atoms with van der Waals surface area (Å²) >= 11 is 0. The van der Waals surface area contributed by atoms with Crippen molar-refractivity contribution in [3.63, 3.8) is 0 Å². The molecular formula is C11H22N2. The van der Waals surface area contributed by atoms with Gasteiger partial charge in [0.05, 0.1) is 5.69 Å². The van der Waals surface area contributed by atoms with Crippen molar-refractivity contribution >= 4 is 0 Å². The van der Waals surface area contributed by atoms with Gasteiger partial charge in [-0.3, -0.25) is 4.98 Å². The topological polar surface area (TPSA) is 24.9 Å². The fraction of sp³-hybridized carbons (Fsp3) is 0.545. The smallest absolute Gasteiger partial charge is 0.0541 e. The van der Waals surface area contributed by atoms with Crippen LogP contribution in [-0.4, -0.2) is 11.5 Å². The van der Waals surface area contributed by atoms with Gasteiger partial charge in [-0.1, -0.05) is 34.3 Å². The molecule has 1 heterocycles. The van der Waals surface area contributed by atoms with Gasteiger partial charge in [-0.05, 0) is 18.7 Å². The Balaban J connectivity index is 0. The highest BCUT2D eigenvalue weighted by atomic mass is 14.9. The third-order valence-electron chi connectivity index (χ3n) is 1.28. The minimum Gasteiger partial charge on any atom is -0.311 e.